The molecule has 1 aromatic carbocycles. The molecular weight excluding hydrogens is 376 g/mol. The van der Waals surface area contributed by atoms with E-state index in [1.807, 2.05) is 26.8 Å². The third-order valence-corrected chi connectivity index (χ3v) is 4.84. The number of ether oxygens (including phenoxy) is 1. The van der Waals surface area contributed by atoms with Crippen LogP contribution in [0.1, 0.15) is 34.6 Å². The van der Waals surface area contributed by atoms with Crippen LogP contribution in [0.3, 0.4) is 0 Å². The molecule has 0 aliphatic carbocycles. The molecular formula is C20H22N4O3S. The zero-order chi connectivity index (χ0) is 20.3. The molecule has 3 aromatic rings. The molecule has 3 N–H and O–H groups in total. The Morgan fingerprint density at radius 1 is 1.21 bits per heavy atom. The lowest BCUT2D eigenvalue weighted by atomic mass is 10.1. The number of amides is 1. The molecule has 0 aliphatic heterocycles. The Kier molecular flexibility index (Phi) is 5.79. The smallest absolute Gasteiger partial charge is 0.267 e. The van der Waals surface area contributed by atoms with Crippen LogP contribution in [0.2, 0.25) is 0 Å². The van der Waals surface area contributed by atoms with E-state index in [2.05, 4.69) is 20.6 Å². The van der Waals surface area contributed by atoms with Crippen molar-refractivity contribution in [2.24, 2.45) is 0 Å². The van der Waals surface area contributed by atoms with Crippen LogP contribution in [0.4, 0.5) is 16.6 Å². The number of aromatic hydroxyl groups is 1. The third-order valence-electron chi connectivity index (χ3n) is 3.93. The number of thiazole rings is 1. The first-order valence-electron chi connectivity index (χ1n) is 8.80. The minimum Gasteiger partial charge on any atom is -0.508 e. The molecule has 0 spiro atoms. The molecule has 28 heavy (non-hydrogen) atoms. The zero-order valence-corrected chi connectivity index (χ0v) is 16.9. The zero-order valence-electron chi connectivity index (χ0n) is 16.1. The number of hydrogen-bond acceptors (Lipinski definition) is 7. The molecule has 146 valence electrons. The maximum absolute atomic E-state index is 12.6. The summed E-state index contributed by atoms with van der Waals surface area (Å²) >= 11 is 1.21. The molecule has 0 fully saturated rings. The molecule has 0 atom stereocenters. The van der Waals surface area contributed by atoms with Gasteiger partial charge in [0.2, 0.25) is 5.88 Å². The molecule has 2 heterocycles. The van der Waals surface area contributed by atoms with E-state index in [4.69, 9.17) is 4.74 Å². The van der Waals surface area contributed by atoms with Gasteiger partial charge in [-0.2, -0.15) is 4.98 Å². The predicted octanol–water partition coefficient (Wildman–Crippen LogP) is 4.64. The fourth-order valence-corrected chi connectivity index (χ4v) is 3.26. The minimum atomic E-state index is -0.285. The van der Waals surface area contributed by atoms with Gasteiger partial charge in [0.1, 0.15) is 16.4 Å². The number of hydrogen-bond donors (Lipinski definition) is 3. The minimum absolute atomic E-state index is 0.0299. The number of carbonyl (C=O) groups is 1. The molecule has 7 nitrogen and oxygen atoms in total. The van der Waals surface area contributed by atoms with Crippen LogP contribution in [0.15, 0.2) is 36.5 Å². The van der Waals surface area contributed by atoms with E-state index in [0.717, 1.165) is 5.56 Å². The Morgan fingerprint density at radius 2 is 2.00 bits per heavy atom. The van der Waals surface area contributed by atoms with E-state index in [-0.39, 0.29) is 17.8 Å². The summed E-state index contributed by atoms with van der Waals surface area (Å²) in [5.74, 6) is 0.956. The van der Waals surface area contributed by atoms with Gasteiger partial charge in [-0.05, 0) is 45.4 Å². The number of anilines is 3. The summed E-state index contributed by atoms with van der Waals surface area (Å²) in [6, 6.07) is 8.79. The van der Waals surface area contributed by atoms with Gasteiger partial charge in [-0.1, -0.05) is 23.5 Å². The highest BCUT2D eigenvalue weighted by Gasteiger charge is 2.15. The van der Waals surface area contributed by atoms with Crippen LogP contribution in [0.5, 0.6) is 11.6 Å². The predicted molar refractivity (Wildman–Crippen MR) is 111 cm³/mol. The number of phenolic OH excluding ortho intramolecular Hbond substituents is 1. The first-order valence-corrected chi connectivity index (χ1v) is 9.62. The molecule has 1 amide bonds. The van der Waals surface area contributed by atoms with Crippen molar-refractivity contribution in [1.29, 1.82) is 0 Å². The SMILES string of the molecule is Cc1ccc(O)c(C)c1NC(=O)c1cnc(Nc2cccc(OC(C)C)n2)s1. The lowest BCUT2D eigenvalue weighted by Crippen LogP contribution is -2.12. The van der Waals surface area contributed by atoms with Crippen LogP contribution < -0.4 is 15.4 Å². The van der Waals surface area contributed by atoms with Gasteiger partial charge in [0, 0.05) is 11.6 Å². The molecule has 2 aromatic heterocycles. The quantitative estimate of drug-likeness (QED) is 0.560. The van der Waals surface area contributed by atoms with E-state index in [9.17, 15) is 9.90 Å². The molecule has 8 heteroatoms. The van der Waals surface area contributed by atoms with Crippen molar-refractivity contribution >= 4 is 33.9 Å². The number of nitrogens with zero attached hydrogens (tertiary/aromatic N) is 2. The molecule has 0 radical (unpaired) electrons. The second kappa shape index (κ2) is 8.26. The summed E-state index contributed by atoms with van der Waals surface area (Å²) in [5.41, 5.74) is 2.10. The Labute approximate surface area is 167 Å². The Balaban J connectivity index is 1.72. The van der Waals surface area contributed by atoms with E-state index in [1.54, 1.807) is 31.2 Å². The second-order valence-electron chi connectivity index (χ2n) is 6.54. The molecule has 0 unspecified atom stereocenters. The van der Waals surface area contributed by atoms with Crippen LogP contribution in [0, 0.1) is 13.8 Å². The van der Waals surface area contributed by atoms with Gasteiger partial charge in [0.15, 0.2) is 5.13 Å². The molecule has 0 saturated carbocycles. The Bertz CT molecular complexity index is 1000. The molecule has 3 rings (SSSR count). The summed E-state index contributed by atoms with van der Waals surface area (Å²) < 4.78 is 5.58. The first kappa shape index (κ1) is 19.6. The van der Waals surface area contributed by atoms with E-state index in [1.165, 1.54) is 17.5 Å². The highest BCUT2D eigenvalue weighted by atomic mass is 32.1. The average Bonchev–Trinajstić information content (AvgIpc) is 3.10. The van der Waals surface area contributed by atoms with Crippen molar-refractivity contribution in [1.82, 2.24) is 9.97 Å². The standard InChI is InChI=1S/C20H22N4O3S/c1-11(2)27-17-7-5-6-16(22-17)23-20-21-10-15(28-20)19(26)24-18-12(3)8-9-14(25)13(18)4/h5-11,25H,1-4H3,(H,24,26)(H,21,22,23). The normalized spacial score (nSPS) is 10.8. The third kappa shape index (κ3) is 4.58. The number of benzene rings is 1. The largest absolute Gasteiger partial charge is 0.508 e. The summed E-state index contributed by atoms with van der Waals surface area (Å²) in [4.78, 5) is 21.6. The highest BCUT2D eigenvalue weighted by molar-refractivity contribution is 7.17. The number of aryl methyl sites for hydroxylation is 1. The second-order valence-corrected chi connectivity index (χ2v) is 7.57. The number of phenols is 1. The van der Waals surface area contributed by atoms with E-state index in [0.29, 0.717) is 33.0 Å². The fraction of sp³-hybridized carbons (Fsp3) is 0.250. The first-order chi connectivity index (χ1) is 13.3. The van der Waals surface area contributed by atoms with Crippen LogP contribution in [-0.4, -0.2) is 27.1 Å². The van der Waals surface area contributed by atoms with Crippen molar-refractivity contribution < 1.29 is 14.6 Å². The Hall–Kier alpha value is -3.13. The van der Waals surface area contributed by atoms with Gasteiger partial charge in [0.05, 0.1) is 18.0 Å². The van der Waals surface area contributed by atoms with Gasteiger partial charge in [-0.3, -0.25) is 4.79 Å². The number of aromatic nitrogens is 2. The van der Waals surface area contributed by atoms with Gasteiger partial charge in [-0.15, -0.1) is 0 Å². The number of rotatable bonds is 6. The van der Waals surface area contributed by atoms with Crippen LogP contribution in [-0.2, 0) is 0 Å². The number of carbonyl (C=O) groups excluding carboxylic acids is 1. The molecule has 0 bridgehead atoms. The summed E-state index contributed by atoms with van der Waals surface area (Å²) in [5, 5.41) is 16.3. The van der Waals surface area contributed by atoms with Crippen molar-refractivity contribution in [3.63, 3.8) is 0 Å². The Morgan fingerprint density at radius 3 is 2.75 bits per heavy atom. The van der Waals surface area contributed by atoms with Gasteiger partial charge < -0.3 is 20.5 Å². The summed E-state index contributed by atoms with van der Waals surface area (Å²) in [7, 11) is 0. The van der Waals surface area contributed by atoms with Crippen molar-refractivity contribution in [2.75, 3.05) is 10.6 Å². The molecule has 0 saturated heterocycles. The lowest BCUT2D eigenvalue weighted by Gasteiger charge is -2.12. The van der Waals surface area contributed by atoms with Gasteiger partial charge in [-0.25, -0.2) is 4.98 Å². The number of pyridine rings is 1. The highest BCUT2D eigenvalue weighted by Crippen LogP contribution is 2.29. The van der Waals surface area contributed by atoms with Crippen molar-refractivity contribution in [3.8, 4) is 11.6 Å². The monoisotopic (exact) mass is 398 g/mol. The lowest BCUT2D eigenvalue weighted by molar-refractivity contribution is 0.103. The molecule has 0 aliphatic rings. The number of nitrogens with one attached hydrogen (secondary N) is 2. The van der Waals surface area contributed by atoms with Crippen LogP contribution >= 0.6 is 11.3 Å². The summed E-state index contributed by atoms with van der Waals surface area (Å²) in [6.07, 6.45) is 1.53. The van der Waals surface area contributed by atoms with E-state index < -0.39 is 0 Å². The van der Waals surface area contributed by atoms with Gasteiger partial charge >= 0.3 is 0 Å². The maximum atomic E-state index is 12.6. The average molecular weight is 398 g/mol. The maximum Gasteiger partial charge on any atom is 0.267 e. The summed E-state index contributed by atoms with van der Waals surface area (Å²) in [6.45, 7) is 7.50. The van der Waals surface area contributed by atoms with Crippen LogP contribution in [0.25, 0.3) is 0 Å². The van der Waals surface area contributed by atoms with Crippen molar-refractivity contribution in [3.05, 3.63) is 52.5 Å². The topological polar surface area (TPSA) is 96.4 Å². The fourth-order valence-electron chi connectivity index (χ4n) is 2.54. The van der Waals surface area contributed by atoms with Gasteiger partial charge in [0.25, 0.3) is 5.91 Å². The van der Waals surface area contributed by atoms with Crippen molar-refractivity contribution in [2.45, 2.75) is 33.8 Å². The van der Waals surface area contributed by atoms with E-state index >= 15 is 0 Å².